The van der Waals surface area contributed by atoms with E-state index in [1.165, 1.54) is 11.3 Å². The molecule has 7 heteroatoms. The monoisotopic (exact) mass is 358 g/mol. The Labute approximate surface area is 150 Å². The van der Waals surface area contributed by atoms with Crippen LogP contribution in [0.3, 0.4) is 0 Å². The number of amides is 1. The van der Waals surface area contributed by atoms with Gasteiger partial charge in [-0.15, -0.1) is 0 Å². The van der Waals surface area contributed by atoms with Crippen LogP contribution in [0, 0.1) is 6.92 Å². The van der Waals surface area contributed by atoms with Crippen molar-refractivity contribution in [2.24, 2.45) is 4.99 Å². The van der Waals surface area contributed by atoms with Gasteiger partial charge in [0.05, 0.1) is 23.0 Å². The van der Waals surface area contributed by atoms with E-state index in [1.807, 2.05) is 50.5 Å². The van der Waals surface area contributed by atoms with E-state index in [2.05, 4.69) is 10.1 Å². The van der Waals surface area contributed by atoms with E-state index in [4.69, 9.17) is 4.74 Å². The number of carbonyl (C=O) groups is 1. The van der Waals surface area contributed by atoms with E-state index in [0.29, 0.717) is 10.5 Å². The van der Waals surface area contributed by atoms with Crippen molar-refractivity contribution in [1.29, 1.82) is 0 Å². The van der Waals surface area contributed by atoms with Crippen LogP contribution in [0.1, 0.15) is 43.0 Å². The minimum absolute atomic E-state index is 0.104. The van der Waals surface area contributed by atoms with Crippen molar-refractivity contribution in [3.05, 3.63) is 40.5 Å². The van der Waals surface area contributed by atoms with Gasteiger partial charge >= 0.3 is 0 Å². The summed E-state index contributed by atoms with van der Waals surface area (Å²) in [5.41, 5.74) is 2.38. The largest absolute Gasteiger partial charge is 0.497 e. The Hall–Kier alpha value is -2.41. The van der Waals surface area contributed by atoms with Gasteiger partial charge in [-0.1, -0.05) is 11.3 Å². The Bertz CT molecular complexity index is 994. The van der Waals surface area contributed by atoms with Gasteiger partial charge in [-0.2, -0.15) is 10.1 Å². The molecule has 0 saturated heterocycles. The molecule has 132 valence electrons. The molecule has 0 aliphatic rings. The zero-order valence-electron chi connectivity index (χ0n) is 15.1. The van der Waals surface area contributed by atoms with Gasteiger partial charge in [0.15, 0.2) is 4.80 Å². The number of carbonyl (C=O) groups excluding carboxylic acids is 1. The Morgan fingerprint density at radius 3 is 2.76 bits per heavy atom. The molecule has 3 aromatic rings. The number of ether oxygens (including phenoxy) is 1. The van der Waals surface area contributed by atoms with Gasteiger partial charge in [-0.3, -0.25) is 9.48 Å². The molecule has 0 N–H and O–H groups in total. The quantitative estimate of drug-likeness (QED) is 0.716. The molecule has 6 nitrogen and oxygen atoms in total. The third-order valence-electron chi connectivity index (χ3n) is 3.97. The fraction of sp³-hybridized carbons (Fsp3) is 0.389. The van der Waals surface area contributed by atoms with Crippen molar-refractivity contribution in [2.75, 3.05) is 7.11 Å². The van der Waals surface area contributed by atoms with Crippen molar-refractivity contribution in [2.45, 2.75) is 40.3 Å². The minimum atomic E-state index is -0.268. The molecule has 0 saturated carbocycles. The second-order valence-corrected chi connectivity index (χ2v) is 7.10. The maximum atomic E-state index is 12.8. The van der Waals surface area contributed by atoms with E-state index in [9.17, 15) is 4.79 Å². The van der Waals surface area contributed by atoms with Crippen molar-refractivity contribution < 1.29 is 9.53 Å². The van der Waals surface area contributed by atoms with Crippen LogP contribution in [0.25, 0.3) is 10.2 Å². The molecular formula is C18H22N4O2S. The predicted molar refractivity (Wildman–Crippen MR) is 99.3 cm³/mol. The first kappa shape index (κ1) is 17.4. The summed E-state index contributed by atoms with van der Waals surface area (Å²) >= 11 is 1.49. The summed E-state index contributed by atoms with van der Waals surface area (Å²) < 4.78 is 10.1. The van der Waals surface area contributed by atoms with E-state index < -0.39 is 0 Å². The predicted octanol–water partition coefficient (Wildman–Crippen LogP) is 3.56. The molecule has 0 aliphatic heterocycles. The van der Waals surface area contributed by atoms with Crippen LogP contribution in [0.4, 0.5) is 0 Å². The number of methoxy groups -OCH3 is 1. The maximum Gasteiger partial charge on any atom is 0.297 e. The number of hydrogen-bond donors (Lipinski definition) is 0. The lowest BCUT2D eigenvalue weighted by atomic mass is 10.3. The van der Waals surface area contributed by atoms with Gasteiger partial charge < -0.3 is 9.30 Å². The number of rotatable bonds is 4. The highest BCUT2D eigenvalue weighted by Gasteiger charge is 2.16. The van der Waals surface area contributed by atoms with E-state index in [1.54, 1.807) is 17.9 Å². The van der Waals surface area contributed by atoms with Gasteiger partial charge in [-0.25, -0.2) is 0 Å². The number of hydrogen-bond acceptors (Lipinski definition) is 4. The average Bonchev–Trinajstić information content (AvgIpc) is 3.14. The highest BCUT2D eigenvalue weighted by atomic mass is 32.1. The van der Waals surface area contributed by atoms with Gasteiger partial charge in [0.2, 0.25) is 0 Å². The Morgan fingerprint density at radius 1 is 1.36 bits per heavy atom. The van der Waals surface area contributed by atoms with Crippen LogP contribution >= 0.6 is 11.3 Å². The van der Waals surface area contributed by atoms with Crippen LogP contribution in [0.15, 0.2) is 29.3 Å². The first-order chi connectivity index (χ1) is 11.9. The maximum absolute atomic E-state index is 12.8. The van der Waals surface area contributed by atoms with Gasteiger partial charge in [0, 0.05) is 12.6 Å². The van der Waals surface area contributed by atoms with Crippen molar-refractivity contribution in [3.63, 3.8) is 0 Å². The lowest BCUT2D eigenvalue weighted by molar-refractivity contribution is 0.0986. The molecule has 25 heavy (non-hydrogen) atoms. The number of nitrogens with zero attached hydrogens (tertiary/aromatic N) is 4. The summed E-state index contributed by atoms with van der Waals surface area (Å²) in [6.45, 7) is 8.67. The zero-order chi connectivity index (χ0) is 18.1. The SMILES string of the molecule is CCn1c(=NC(=O)c2cc(C)nn2C(C)C)sc2cc(OC)ccc21. The van der Waals surface area contributed by atoms with Crippen LogP contribution in [0.5, 0.6) is 5.75 Å². The number of benzene rings is 1. The van der Waals surface area contributed by atoms with Crippen LogP contribution in [0.2, 0.25) is 0 Å². The minimum Gasteiger partial charge on any atom is -0.497 e. The molecule has 3 rings (SSSR count). The summed E-state index contributed by atoms with van der Waals surface area (Å²) in [5, 5.41) is 4.40. The third kappa shape index (κ3) is 3.24. The summed E-state index contributed by atoms with van der Waals surface area (Å²) in [7, 11) is 1.65. The summed E-state index contributed by atoms with van der Waals surface area (Å²) in [6.07, 6.45) is 0. The Morgan fingerprint density at radius 2 is 2.12 bits per heavy atom. The summed E-state index contributed by atoms with van der Waals surface area (Å²) in [4.78, 5) is 17.8. The highest BCUT2D eigenvalue weighted by molar-refractivity contribution is 7.16. The number of aromatic nitrogens is 3. The molecular weight excluding hydrogens is 336 g/mol. The molecule has 0 unspecified atom stereocenters. The average molecular weight is 358 g/mol. The van der Waals surface area contributed by atoms with Crippen molar-refractivity contribution in [3.8, 4) is 5.75 Å². The van der Waals surface area contributed by atoms with Crippen LogP contribution in [-0.4, -0.2) is 27.4 Å². The van der Waals surface area contributed by atoms with Crippen molar-refractivity contribution >= 4 is 27.5 Å². The molecule has 2 heterocycles. The number of aryl methyl sites for hydroxylation is 2. The molecule has 0 fully saturated rings. The lowest BCUT2D eigenvalue weighted by Crippen LogP contribution is -2.18. The molecule has 1 aromatic carbocycles. The topological polar surface area (TPSA) is 61.4 Å². The molecule has 2 aromatic heterocycles. The Balaban J connectivity index is 2.13. The molecule has 0 radical (unpaired) electrons. The van der Waals surface area contributed by atoms with Gasteiger partial charge in [-0.05, 0) is 52.0 Å². The van der Waals surface area contributed by atoms with Crippen LogP contribution < -0.4 is 9.54 Å². The lowest BCUT2D eigenvalue weighted by Gasteiger charge is -2.08. The summed E-state index contributed by atoms with van der Waals surface area (Å²) in [6, 6.07) is 7.79. The standard InChI is InChI=1S/C18H22N4O2S/c1-6-21-14-8-7-13(24-5)10-16(14)25-18(21)19-17(23)15-9-12(4)20-22(15)11(2)3/h7-11H,6H2,1-5H3. The second-order valence-electron chi connectivity index (χ2n) is 6.09. The first-order valence-electron chi connectivity index (χ1n) is 8.27. The Kier molecular flexibility index (Phi) is 4.76. The van der Waals surface area contributed by atoms with E-state index in [0.717, 1.165) is 28.2 Å². The van der Waals surface area contributed by atoms with E-state index >= 15 is 0 Å². The van der Waals surface area contributed by atoms with Crippen LogP contribution in [-0.2, 0) is 6.54 Å². The van der Waals surface area contributed by atoms with Gasteiger partial charge in [0.1, 0.15) is 11.4 Å². The fourth-order valence-corrected chi connectivity index (χ4v) is 3.91. The van der Waals surface area contributed by atoms with E-state index in [-0.39, 0.29) is 11.9 Å². The molecule has 0 spiro atoms. The number of thiazole rings is 1. The fourth-order valence-electron chi connectivity index (χ4n) is 2.79. The highest BCUT2D eigenvalue weighted by Crippen LogP contribution is 2.23. The zero-order valence-corrected chi connectivity index (χ0v) is 15.9. The van der Waals surface area contributed by atoms with Crippen molar-refractivity contribution in [1.82, 2.24) is 14.3 Å². The first-order valence-corrected chi connectivity index (χ1v) is 9.08. The molecule has 0 bridgehead atoms. The second kappa shape index (κ2) is 6.84. The normalized spacial score (nSPS) is 12.3. The smallest absolute Gasteiger partial charge is 0.297 e. The number of fused-ring (bicyclic) bond motifs is 1. The third-order valence-corrected chi connectivity index (χ3v) is 5.01. The summed E-state index contributed by atoms with van der Waals surface area (Å²) in [5.74, 6) is 0.526. The van der Waals surface area contributed by atoms with Gasteiger partial charge in [0.25, 0.3) is 5.91 Å². The molecule has 0 atom stereocenters. The molecule has 1 amide bonds. The molecule has 0 aliphatic carbocycles.